The van der Waals surface area contributed by atoms with Crippen LogP contribution in [-0.4, -0.2) is 24.7 Å². The molecule has 1 unspecified atom stereocenters. The van der Waals surface area contributed by atoms with Crippen molar-refractivity contribution in [1.29, 1.82) is 0 Å². The number of para-hydroxylation sites is 1. The number of hydrogen-bond donors (Lipinski definition) is 0. The summed E-state index contributed by atoms with van der Waals surface area (Å²) in [5.41, 5.74) is 3.03. The Morgan fingerprint density at radius 2 is 2.00 bits per heavy atom. The van der Waals surface area contributed by atoms with Gasteiger partial charge in [0, 0.05) is 40.3 Å². The molecule has 4 aromatic rings. The van der Waals surface area contributed by atoms with Crippen molar-refractivity contribution in [2.75, 3.05) is 13.7 Å². The van der Waals surface area contributed by atoms with Crippen LogP contribution in [0.4, 0.5) is 4.39 Å². The Hall–Kier alpha value is -4.13. The third kappa shape index (κ3) is 4.00. The zero-order chi connectivity index (χ0) is 24.6. The normalized spacial score (nSPS) is 17.8. The third-order valence-corrected chi connectivity index (χ3v) is 6.84. The van der Waals surface area contributed by atoms with E-state index in [0.717, 1.165) is 22.0 Å². The van der Waals surface area contributed by atoms with Gasteiger partial charge in [-0.05, 0) is 43.2 Å². The summed E-state index contributed by atoms with van der Waals surface area (Å²) in [5, 5.41) is 0.975. The number of aromatic nitrogens is 1. The van der Waals surface area contributed by atoms with Crippen molar-refractivity contribution < 1.29 is 28.1 Å². The summed E-state index contributed by atoms with van der Waals surface area (Å²) >= 11 is 0. The second-order valence-electron chi connectivity index (χ2n) is 9.00. The van der Waals surface area contributed by atoms with Gasteiger partial charge in [-0.1, -0.05) is 24.3 Å². The molecule has 0 radical (unpaired) electrons. The van der Waals surface area contributed by atoms with Crippen LogP contribution >= 0.6 is 0 Å². The predicted octanol–water partition coefficient (Wildman–Crippen LogP) is 6.27. The zero-order valence-corrected chi connectivity index (χ0v) is 19.7. The second kappa shape index (κ2) is 9.15. The summed E-state index contributed by atoms with van der Waals surface area (Å²) in [6, 6.07) is 18.3. The highest BCUT2D eigenvalue weighted by atomic mass is 19.1. The molecule has 0 spiro atoms. The topological polar surface area (TPSA) is 66.9 Å². The minimum Gasteiger partial charge on any atom is -0.492 e. The van der Waals surface area contributed by atoms with Crippen molar-refractivity contribution in [3.63, 3.8) is 0 Å². The highest BCUT2D eigenvalue weighted by Gasteiger charge is 2.32. The number of nitrogens with zero attached hydrogens (tertiary/aromatic N) is 1. The van der Waals surface area contributed by atoms with Crippen molar-refractivity contribution in [1.82, 2.24) is 4.98 Å². The fraction of sp³-hybridized carbons (Fsp3) is 0.241. The summed E-state index contributed by atoms with van der Waals surface area (Å²) < 4.78 is 38.1. The molecule has 2 heterocycles. The number of pyridine rings is 1. The first-order valence-electron chi connectivity index (χ1n) is 11.9. The summed E-state index contributed by atoms with van der Waals surface area (Å²) in [6.45, 7) is 0.415. The molecule has 36 heavy (non-hydrogen) atoms. The number of carbonyl (C=O) groups is 1. The first kappa shape index (κ1) is 22.3. The molecule has 182 valence electrons. The van der Waals surface area contributed by atoms with E-state index in [1.807, 2.05) is 48.5 Å². The van der Waals surface area contributed by atoms with Gasteiger partial charge in [0.15, 0.2) is 5.75 Å². The molecule has 0 fully saturated rings. The Morgan fingerprint density at radius 3 is 2.89 bits per heavy atom. The molecule has 6 nitrogen and oxygen atoms in total. The van der Waals surface area contributed by atoms with E-state index in [1.54, 1.807) is 12.3 Å². The van der Waals surface area contributed by atoms with Crippen LogP contribution in [0.1, 0.15) is 41.6 Å². The highest BCUT2D eigenvalue weighted by molar-refractivity contribution is 5.84. The second-order valence-corrected chi connectivity index (χ2v) is 9.00. The van der Waals surface area contributed by atoms with Crippen LogP contribution < -0.4 is 14.2 Å². The van der Waals surface area contributed by atoms with Crippen LogP contribution in [0, 0.1) is 5.82 Å². The Kier molecular flexibility index (Phi) is 5.68. The number of halogens is 1. The maximum absolute atomic E-state index is 15.0. The molecule has 0 saturated heterocycles. The fourth-order valence-corrected chi connectivity index (χ4v) is 5.08. The van der Waals surface area contributed by atoms with E-state index in [4.69, 9.17) is 18.9 Å². The van der Waals surface area contributed by atoms with E-state index in [1.165, 1.54) is 13.2 Å². The first-order chi connectivity index (χ1) is 17.6. The largest absolute Gasteiger partial charge is 0.492 e. The van der Waals surface area contributed by atoms with Crippen LogP contribution in [0.2, 0.25) is 0 Å². The number of esters is 1. The van der Waals surface area contributed by atoms with Gasteiger partial charge in [-0.25, -0.2) is 4.39 Å². The molecule has 1 aliphatic heterocycles. The van der Waals surface area contributed by atoms with Crippen LogP contribution in [0.5, 0.6) is 23.0 Å². The average molecular weight is 486 g/mol. The van der Waals surface area contributed by atoms with Gasteiger partial charge < -0.3 is 18.9 Å². The number of ether oxygens (including phenoxy) is 4. The first-order valence-corrected chi connectivity index (χ1v) is 11.9. The van der Waals surface area contributed by atoms with Gasteiger partial charge in [0.05, 0.1) is 20.1 Å². The number of carbonyl (C=O) groups excluding carboxylic acids is 1. The lowest BCUT2D eigenvalue weighted by Gasteiger charge is -2.17. The number of methoxy groups -OCH3 is 1. The monoisotopic (exact) mass is 485 g/mol. The molecule has 2 aliphatic rings. The zero-order valence-electron chi connectivity index (χ0n) is 19.7. The minimum absolute atomic E-state index is 0.0468. The van der Waals surface area contributed by atoms with E-state index in [-0.39, 0.29) is 24.1 Å². The highest BCUT2D eigenvalue weighted by Crippen LogP contribution is 2.44. The summed E-state index contributed by atoms with van der Waals surface area (Å²) in [6.07, 6.45) is 2.81. The molecule has 6 rings (SSSR count). The van der Waals surface area contributed by atoms with E-state index < -0.39 is 6.10 Å². The maximum Gasteiger partial charge on any atom is 0.306 e. The SMILES string of the molecule is COC(=O)CC1COc2cc(O[C@@H]3CCc4c(Oc5cccc6cccnc56)ccc(F)c43)ccc21. The lowest BCUT2D eigenvalue weighted by atomic mass is 9.98. The summed E-state index contributed by atoms with van der Waals surface area (Å²) in [4.78, 5) is 16.1. The smallest absolute Gasteiger partial charge is 0.306 e. The molecular weight excluding hydrogens is 461 g/mol. The lowest BCUT2D eigenvalue weighted by molar-refractivity contribution is -0.141. The predicted molar refractivity (Wildman–Crippen MR) is 131 cm³/mol. The molecule has 0 bridgehead atoms. The van der Waals surface area contributed by atoms with Crippen molar-refractivity contribution in [2.45, 2.75) is 31.3 Å². The minimum atomic E-state index is -0.445. The Labute approximate surface area is 207 Å². The van der Waals surface area contributed by atoms with Crippen LogP contribution in [-0.2, 0) is 16.0 Å². The Morgan fingerprint density at radius 1 is 1.11 bits per heavy atom. The van der Waals surface area contributed by atoms with Gasteiger partial charge in [0.1, 0.15) is 34.7 Å². The van der Waals surface area contributed by atoms with Gasteiger partial charge in [-0.2, -0.15) is 0 Å². The molecule has 2 atom stereocenters. The van der Waals surface area contributed by atoms with Crippen molar-refractivity contribution in [3.8, 4) is 23.0 Å². The van der Waals surface area contributed by atoms with E-state index >= 15 is 4.39 Å². The average Bonchev–Trinajstić information content (AvgIpc) is 3.50. The standard InChI is InChI=1S/C29H24FNO5/c1-33-27(32)14-18-16-34-26-15-19(7-8-20(18)26)35-24-11-9-21-23(12-10-22(30)28(21)24)36-25-6-2-4-17-5-3-13-31-29(17)25/h2-8,10,12-13,15,18,24H,9,11,14,16H2,1H3/t18?,24-/m1/s1. The van der Waals surface area contributed by atoms with Gasteiger partial charge in [0.2, 0.25) is 0 Å². The molecule has 3 aromatic carbocycles. The quantitative estimate of drug-likeness (QED) is 0.300. The number of benzene rings is 3. The summed E-state index contributed by atoms with van der Waals surface area (Å²) in [5.74, 6) is 1.88. The Balaban J connectivity index is 1.25. The van der Waals surface area contributed by atoms with Crippen molar-refractivity contribution in [2.24, 2.45) is 0 Å². The maximum atomic E-state index is 15.0. The molecular formula is C29H24FNO5. The molecule has 0 amide bonds. The number of hydrogen-bond acceptors (Lipinski definition) is 6. The van der Waals surface area contributed by atoms with Crippen molar-refractivity contribution in [3.05, 3.63) is 89.4 Å². The fourth-order valence-electron chi connectivity index (χ4n) is 5.08. The van der Waals surface area contributed by atoms with E-state index in [2.05, 4.69) is 4.98 Å². The molecule has 1 aliphatic carbocycles. The van der Waals surface area contributed by atoms with E-state index in [0.29, 0.717) is 48.0 Å². The van der Waals surface area contributed by atoms with Crippen LogP contribution in [0.15, 0.2) is 66.9 Å². The third-order valence-electron chi connectivity index (χ3n) is 6.84. The molecule has 1 aromatic heterocycles. The van der Waals surface area contributed by atoms with Gasteiger partial charge >= 0.3 is 5.97 Å². The number of rotatable bonds is 6. The van der Waals surface area contributed by atoms with Gasteiger partial charge in [-0.15, -0.1) is 0 Å². The van der Waals surface area contributed by atoms with Crippen LogP contribution in [0.25, 0.3) is 10.9 Å². The van der Waals surface area contributed by atoms with Gasteiger partial charge in [-0.3, -0.25) is 9.78 Å². The molecule has 7 heteroatoms. The summed E-state index contributed by atoms with van der Waals surface area (Å²) in [7, 11) is 1.38. The molecule has 0 N–H and O–H groups in total. The lowest BCUT2D eigenvalue weighted by Crippen LogP contribution is -2.09. The van der Waals surface area contributed by atoms with Crippen molar-refractivity contribution >= 4 is 16.9 Å². The molecule has 0 saturated carbocycles. The number of fused-ring (bicyclic) bond motifs is 3. The van der Waals surface area contributed by atoms with Crippen LogP contribution in [0.3, 0.4) is 0 Å². The van der Waals surface area contributed by atoms with Gasteiger partial charge in [0.25, 0.3) is 0 Å². The van der Waals surface area contributed by atoms with E-state index in [9.17, 15) is 4.79 Å². The Bertz CT molecular complexity index is 1460.